The normalized spacial score (nSPS) is 11.6. The molecule has 0 aliphatic carbocycles. The Balaban J connectivity index is 1.90. The fourth-order valence-corrected chi connectivity index (χ4v) is 2.00. The number of allylic oxidation sites excluding steroid dienone is 1. The quantitative estimate of drug-likeness (QED) is 0.638. The molecule has 22 heavy (non-hydrogen) atoms. The van der Waals surface area contributed by atoms with Crippen LogP contribution in [-0.2, 0) is 11.2 Å². The van der Waals surface area contributed by atoms with Crippen LogP contribution in [0.5, 0.6) is 0 Å². The first-order valence-corrected chi connectivity index (χ1v) is 7.39. The summed E-state index contributed by atoms with van der Waals surface area (Å²) in [5.41, 5.74) is 5.74. The Morgan fingerprint density at radius 3 is 2.32 bits per heavy atom. The molecule has 2 aromatic carbocycles. The molecule has 3 nitrogen and oxygen atoms in total. The molecule has 112 valence electrons. The molecule has 0 radical (unpaired) electrons. The molecule has 0 aliphatic heterocycles. The summed E-state index contributed by atoms with van der Waals surface area (Å²) in [4.78, 5) is 11.8. The Hall–Kier alpha value is -2.68. The molecule has 0 heterocycles. The van der Waals surface area contributed by atoms with Gasteiger partial charge in [0.1, 0.15) is 0 Å². The lowest BCUT2D eigenvalue weighted by molar-refractivity contribution is -0.120. The van der Waals surface area contributed by atoms with Crippen LogP contribution in [0, 0.1) is 0 Å². The van der Waals surface area contributed by atoms with E-state index in [4.69, 9.17) is 0 Å². The molecule has 0 spiro atoms. The van der Waals surface area contributed by atoms with Crippen LogP contribution in [0.1, 0.15) is 24.5 Å². The third-order valence-electron chi connectivity index (χ3n) is 3.19. The number of hydrogen-bond acceptors (Lipinski definition) is 2. The van der Waals surface area contributed by atoms with Gasteiger partial charge in [-0.05, 0) is 23.1 Å². The number of rotatable bonds is 6. The van der Waals surface area contributed by atoms with E-state index in [1.807, 2.05) is 60.7 Å². The minimum atomic E-state index is -0.113. The third-order valence-corrected chi connectivity index (χ3v) is 3.19. The molecule has 0 saturated carbocycles. The van der Waals surface area contributed by atoms with Gasteiger partial charge in [0.05, 0.1) is 12.6 Å². The van der Waals surface area contributed by atoms with Crippen molar-refractivity contribution in [3.05, 3.63) is 77.4 Å². The van der Waals surface area contributed by atoms with Gasteiger partial charge < -0.3 is 0 Å². The zero-order chi connectivity index (χ0) is 15.6. The molecule has 2 aromatic rings. The van der Waals surface area contributed by atoms with E-state index in [0.29, 0.717) is 6.42 Å². The molecular formula is C19H20N2O. The van der Waals surface area contributed by atoms with E-state index in [1.54, 1.807) is 6.21 Å². The van der Waals surface area contributed by atoms with E-state index in [9.17, 15) is 4.79 Å². The van der Waals surface area contributed by atoms with Gasteiger partial charge in [-0.1, -0.05) is 73.7 Å². The topological polar surface area (TPSA) is 41.5 Å². The van der Waals surface area contributed by atoms with Crippen molar-refractivity contribution < 1.29 is 4.79 Å². The van der Waals surface area contributed by atoms with Gasteiger partial charge in [-0.2, -0.15) is 5.10 Å². The predicted molar refractivity (Wildman–Crippen MR) is 91.5 cm³/mol. The van der Waals surface area contributed by atoms with Crippen molar-refractivity contribution in [1.29, 1.82) is 0 Å². The lowest BCUT2D eigenvalue weighted by Gasteiger charge is -2.01. The number of carbonyl (C=O) groups excluding carboxylic acids is 1. The highest BCUT2D eigenvalue weighted by atomic mass is 16.2. The SMILES string of the molecule is CCC(/C=N\NC(=O)Cc1ccccc1)=C\c1ccccc1. The van der Waals surface area contributed by atoms with Gasteiger partial charge in [0.15, 0.2) is 0 Å². The Morgan fingerprint density at radius 2 is 1.68 bits per heavy atom. The molecular weight excluding hydrogens is 272 g/mol. The zero-order valence-corrected chi connectivity index (χ0v) is 12.7. The Kier molecular flexibility index (Phi) is 6.12. The number of nitrogens with one attached hydrogen (secondary N) is 1. The molecule has 0 fully saturated rings. The maximum atomic E-state index is 11.8. The van der Waals surface area contributed by atoms with Crippen molar-refractivity contribution in [2.75, 3.05) is 0 Å². The summed E-state index contributed by atoms with van der Waals surface area (Å²) in [6, 6.07) is 19.7. The Labute approximate surface area is 131 Å². The van der Waals surface area contributed by atoms with Crippen LogP contribution < -0.4 is 5.43 Å². The first-order chi connectivity index (χ1) is 10.8. The molecule has 0 aromatic heterocycles. The number of benzene rings is 2. The van der Waals surface area contributed by atoms with Crippen molar-refractivity contribution in [3.8, 4) is 0 Å². The predicted octanol–water partition coefficient (Wildman–Crippen LogP) is 3.82. The summed E-state index contributed by atoms with van der Waals surface area (Å²) < 4.78 is 0. The molecule has 0 aliphatic rings. The first kappa shape index (κ1) is 15.7. The van der Waals surface area contributed by atoms with Crippen LogP contribution in [0.25, 0.3) is 6.08 Å². The second-order valence-electron chi connectivity index (χ2n) is 4.94. The Bertz CT molecular complexity index is 646. The van der Waals surface area contributed by atoms with E-state index in [0.717, 1.165) is 23.1 Å². The van der Waals surface area contributed by atoms with E-state index < -0.39 is 0 Å². The summed E-state index contributed by atoms with van der Waals surface area (Å²) in [7, 11) is 0. The number of carbonyl (C=O) groups is 1. The first-order valence-electron chi connectivity index (χ1n) is 7.39. The minimum Gasteiger partial charge on any atom is -0.273 e. The minimum absolute atomic E-state index is 0.113. The highest BCUT2D eigenvalue weighted by Gasteiger charge is 2.00. The van der Waals surface area contributed by atoms with Crippen LogP contribution in [0.4, 0.5) is 0 Å². The number of hydrogen-bond donors (Lipinski definition) is 1. The molecule has 0 atom stereocenters. The van der Waals surface area contributed by atoms with Crippen LogP contribution in [0.3, 0.4) is 0 Å². The molecule has 1 N–H and O–H groups in total. The van der Waals surface area contributed by atoms with Gasteiger partial charge in [-0.25, -0.2) is 5.43 Å². The monoisotopic (exact) mass is 292 g/mol. The van der Waals surface area contributed by atoms with Crippen molar-refractivity contribution in [2.45, 2.75) is 19.8 Å². The number of nitrogens with zero attached hydrogens (tertiary/aromatic N) is 1. The van der Waals surface area contributed by atoms with Crippen molar-refractivity contribution in [3.63, 3.8) is 0 Å². The van der Waals surface area contributed by atoms with Gasteiger partial charge >= 0.3 is 0 Å². The van der Waals surface area contributed by atoms with Gasteiger partial charge in [0.2, 0.25) is 5.91 Å². The maximum absolute atomic E-state index is 11.8. The van der Waals surface area contributed by atoms with Gasteiger partial charge in [0, 0.05) is 0 Å². The smallest absolute Gasteiger partial charge is 0.244 e. The van der Waals surface area contributed by atoms with E-state index in [-0.39, 0.29) is 5.91 Å². The van der Waals surface area contributed by atoms with Crippen molar-refractivity contribution >= 4 is 18.2 Å². The maximum Gasteiger partial charge on any atom is 0.244 e. The van der Waals surface area contributed by atoms with E-state index in [1.165, 1.54) is 0 Å². The van der Waals surface area contributed by atoms with Crippen LogP contribution in [-0.4, -0.2) is 12.1 Å². The van der Waals surface area contributed by atoms with Gasteiger partial charge in [-0.15, -0.1) is 0 Å². The summed E-state index contributed by atoms with van der Waals surface area (Å²) in [5.74, 6) is -0.113. The van der Waals surface area contributed by atoms with Crippen molar-refractivity contribution in [2.24, 2.45) is 5.10 Å². The Morgan fingerprint density at radius 1 is 1.05 bits per heavy atom. The fourth-order valence-electron chi connectivity index (χ4n) is 2.00. The van der Waals surface area contributed by atoms with Gasteiger partial charge in [-0.3, -0.25) is 4.79 Å². The zero-order valence-electron chi connectivity index (χ0n) is 12.7. The molecule has 1 amide bonds. The molecule has 3 heteroatoms. The molecule has 0 unspecified atom stereocenters. The average Bonchev–Trinajstić information content (AvgIpc) is 2.56. The molecule has 2 rings (SSSR count). The van der Waals surface area contributed by atoms with Crippen LogP contribution in [0.15, 0.2) is 71.3 Å². The molecule has 0 saturated heterocycles. The van der Waals surface area contributed by atoms with Crippen LogP contribution in [0.2, 0.25) is 0 Å². The largest absolute Gasteiger partial charge is 0.273 e. The average molecular weight is 292 g/mol. The second kappa shape index (κ2) is 8.57. The highest BCUT2D eigenvalue weighted by molar-refractivity contribution is 5.87. The third kappa shape index (κ3) is 5.37. The standard InChI is InChI=1S/C19H20N2O/c1-2-16(13-17-9-5-3-6-10-17)15-20-21-19(22)14-18-11-7-4-8-12-18/h3-13,15H,2,14H2,1H3,(H,21,22)/b16-13+,20-15-. The lowest BCUT2D eigenvalue weighted by Crippen LogP contribution is -2.19. The van der Waals surface area contributed by atoms with E-state index >= 15 is 0 Å². The summed E-state index contributed by atoms with van der Waals surface area (Å²) in [6.07, 6.45) is 4.96. The molecule has 0 bridgehead atoms. The second-order valence-corrected chi connectivity index (χ2v) is 4.94. The summed E-state index contributed by atoms with van der Waals surface area (Å²) in [5, 5.41) is 4.04. The number of amides is 1. The highest BCUT2D eigenvalue weighted by Crippen LogP contribution is 2.07. The fraction of sp³-hybridized carbons (Fsp3) is 0.158. The van der Waals surface area contributed by atoms with Gasteiger partial charge in [0.25, 0.3) is 0 Å². The lowest BCUT2D eigenvalue weighted by atomic mass is 10.1. The summed E-state index contributed by atoms with van der Waals surface area (Å²) in [6.45, 7) is 2.06. The van der Waals surface area contributed by atoms with Crippen molar-refractivity contribution in [1.82, 2.24) is 5.43 Å². The van der Waals surface area contributed by atoms with Crippen LogP contribution >= 0.6 is 0 Å². The number of hydrazone groups is 1. The summed E-state index contributed by atoms with van der Waals surface area (Å²) >= 11 is 0. The van der Waals surface area contributed by atoms with E-state index in [2.05, 4.69) is 23.5 Å².